The molecule has 1 nitrogen and oxygen atoms in total. The largest absolute Gasteiger partial charge is 0.264 e. The smallest absolute Gasteiger partial charge is 0.0349 e. The standard InChI is InChI=1S/C19H27N/c1-6-7-16-11-20-12-19-17(14(4)5)9-15(8-13(2)3)10-18(16)19/h9-14H,6-8H2,1-5H3. The van der Waals surface area contributed by atoms with Crippen molar-refractivity contribution >= 4 is 10.8 Å². The highest BCUT2D eigenvalue weighted by atomic mass is 14.6. The summed E-state index contributed by atoms with van der Waals surface area (Å²) in [6.45, 7) is 11.4. The van der Waals surface area contributed by atoms with E-state index in [0.29, 0.717) is 11.8 Å². The molecule has 2 aromatic rings. The van der Waals surface area contributed by atoms with Gasteiger partial charge in [0.15, 0.2) is 0 Å². The fourth-order valence-corrected chi connectivity index (χ4v) is 2.95. The van der Waals surface area contributed by atoms with Gasteiger partial charge in [-0.1, -0.05) is 53.2 Å². The van der Waals surface area contributed by atoms with E-state index < -0.39 is 0 Å². The molecular formula is C19H27N. The summed E-state index contributed by atoms with van der Waals surface area (Å²) in [6, 6.07) is 4.79. The van der Waals surface area contributed by atoms with Crippen molar-refractivity contribution in [1.82, 2.24) is 4.98 Å². The average Bonchev–Trinajstić information content (AvgIpc) is 2.38. The van der Waals surface area contributed by atoms with Crippen molar-refractivity contribution in [2.75, 3.05) is 0 Å². The van der Waals surface area contributed by atoms with Crippen LogP contribution in [0.25, 0.3) is 10.8 Å². The molecule has 0 atom stereocenters. The monoisotopic (exact) mass is 269 g/mol. The molecule has 1 aromatic carbocycles. The molecule has 2 rings (SSSR count). The number of nitrogens with zero attached hydrogens (tertiary/aromatic N) is 1. The number of benzene rings is 1. The van der Waals surface area contributed by atoms with Crippen LogP contribution in [0, 0.1) is 5.92 Å². The summed E-state index contributed by atoms with van der Waals surface area (Å²) in [5, 5.41) is 2.77. The molecule has 0 aliphatic heterocycles. The molecule has 1 heterocycles. The molecule has 0 saturated carbocycles. The lowest BCUT2D eigenvalue weighted by Gasteiger charge is -2.16. The Labute approximate surface area is 123 Å². The molecule has 0 aliphatic rings. The van der Waals surface area contributed by atoms with E-state index in [1.54, 1.807) is 0 Å². The molecule has 0 amide bonds. The Morgan fingerprint density at radius 2 is 1.75 bits per heavy atom. The maximum Gasteiger partial charge on any atom is 0.0349 e. The lowest BCUT2D eigenvalue weighted by atomic mass is 9.90. The van der Waals surface area contributed by atoms with Crippen LogP contribution in [0.15, 0.2) is 24.5 Å². The Kier molecular flexibility index (Phi) is 4.80. The molecular weight excluding hydrogens is 242 g/mol. The van der Waals surface area contributed by atoms with Crippen LogP contribution >= 0.6 is 0 Å². The lowest BCUT2D eigenvalue weighted by Crippen LogP contribution is -2.00. The van der Waals surface area contributed by atoms with Crippen LogP contribution in [-0.4, -0.2) is 4.98 Å². The molecule has 1 heteroatoms. The van der Waals surface area contributed by atoms with Gasteiger partial charge in [-0.15, -0.1) is 0 Å². The van der Waals surface area contributed by atoms with E-state index in [1.807, 2.05) is 6.20 Å². The first-order valence-corrected chi connectivity index (χ1v) is 7.92. The third-order valence-electron chi connectivity index (χ3n) is 3.84. The van der Waals surface area contributed by atoms with Crippen LogP contribution in [0.4, 0.5) is 0 Å². The zero-order valence-corrected chi connectivity index (χ0v) is 13.5. The Balaban J connectivity index is 2.65. The van der Waals surface area contributed by atoms with Crippen molar-refractivity contribution in [2.24, 2.45) is 5.92 Å². The summed E-state index contributed by atoms with van der Waals surface area (Å²) < 4.78 is 0. The Hall–Kier alpha value is -1.37. The zero-order valence-electron chi connectivity index (χ0n) is 13.5. The fourth-order valence-electron chi connectivity index (χ4n) is 2.95. The summed E-state index contributed by atoms with van der Waals surface area (Å²) in [4.78, 5) is 4.47. The highest BCUT2D eigenvalue weighted by Crippen LogP contribution is 2.30. The Morgan fingerprint density at radius 1 is 1.00 bits per heavy atom. The number of rotatable bonds is 5. The number of aromatic nitrogens is 1. The summed E-state index contributed by atoms with van der Waals surface area (Å²) in [7, 11) is 0. The molecule has 0 bridgehead atoms. The molecule has 0 radical (unpaired) electrons. The Bertz CT molecular complexity index is 582. The van der Waals surface area contributed by atoms with Crippen LogP contribution in [0.1, 0.15) is 63.6 Å². The van der Waals surface area contributed by atoms with Gasteiger partial charge < -0.3 is 0 Å². The van der Waals surface area contributed by atoms with Crippen molar-refractivity contribution in [2.45, 2.75) is 59.8 Å². The number of hydrogen-bond acceptors (Lipinski definition) is 1. The van der Waals surface area contributed by atoms with Gasteiger partial charge in [-0.25, -0.2) is 0 Å². The van der Waals surface area contributed by atoms with Gasteiger partial charge >= 0.3 is 0 Å². The third-order valence-corrected chi connectivity index (χ3v) is 3.84. The predicted octanol–water partition coefficient (Wildman–Crippen LogP) is 5.51. The first kappa shape index (κ1) is 15.0. The van der Waals surface area contributed by atoms with Crippen molar-refractivity contribution < 1.29 is 0 Å². The van der Waals surface area contributed by atoms with Gasteiger partial charge in [0.2, 0.25) is 0 Å². The quantitative estimate of drug-likeness (QED) is 0.697. The molecule has 0 N–H and O–H groups in total. The average molecular weight is 269 g/mol. The van der Waals surface area contributed by atoms with Crippen LogP contribution in [-0.2, 0) is 12.8 Å². The van der Waals surface area contributed by atoms with Gasteiger partial charge in [0.05, 0.1) is 0 Å². The highest BCUT2D eigenvalue weighted by molar-refractivity contribution is 5.89. The zero-order chi connectivity index (χ0) is 14.7. The molecule has 20 heavy (non-hydrogen) atoms. The summed E-state index contributed by atoms with van der Waals surface area (Å²) in [5.41, 5.74) is 4.32. The maximum absolute atomic E-state index is 4.47. The first-order chi connectivity index (χ1) is 9.52. The second kappa shape index (κ2) is 6.39. The van der Waals surface area contributed by atoms with Gasteiger partial charge in [0.25, 0.3) is 0 Å². The number of aryl methyl sites for hydroxylation is 1. The fraction of sp³-hybridized carbons (Fsp3) is 0.526. The SMILES string of the molecule is CCCc1cncc2c(C(C)C)cc(CC(C)C)cc12. The van der Waals surface area contributed by atoms with Gasteiger partial charge in [0.1, 0.15) is 0 Å². The molecule has 0 spiro atoms. The van der Waals surface area contributed by atoms with Gasteiger partial charge in [-0.3, -0.25) is 4.98 Å². The van der Waals surface area contributed by atoms with Crippen molar-refractivity contribution in [3.8, 4) is 0 Å². The highest BCUT2D eigenvalue weighted by Gasteiger charge is 2.11. The van der Waals surface area contributed by atoms with Gasteiger partial charge in [-0.05, 0) is 46.8 Å². The van der Waals surface area contributed by atoms with E-state index in [9.17, 15) is 0 Å². The second-order valence-corrected chi connectivity index (χ2v) is 6.58. The van der Waals surface area contributed by atoms with E-state index >= 15 is 0 Å². The molecule has 0 aliphatic carbocycles. The van der Waals surface area contributed by atoms with Gasteiger partial charge in [-0.2, -0.15) is 0 Å². The minimum absolute atomic E-state index is 0.545. The lowest BCUT2D eigenvalue weighted by molar-refractivity contribution is 0.646. The minimum atomic E-state index is 0.545. The maximum atomic E-state index is 4.47. The van der Waals surface area contributed by atoms with E-state index in [4.69, 9.17) is 0 Å². The molecule has 0 saturated heterocycles. The van der Waals surface area contributed by atoms with Crippen LogP contribution in [0.2, 0.25) is 0 Å². The van der Waals surface area contributed by atoms with E-state index in [2.05, 4.69) is 57.9 Å². The predicted molar refractivity (Wildman–Crippen MR) is 88.4 cm³/mol. The summed E-state index contributed by atoms with van der Waals surface area (Å²) in [5.74, 6) is 1.24. The van der Waals surface area contributed by atoms with Crippen molar-refractivity contribution in [3.05, 3.63) is 41.2 Å². The first-order valence-electron chi connectivity index (χ1n) is 7.92. The molecule has 0 fully saturated rings. The topological polar surface area (TPSA) is 12.9 Å². The Morgan fingerprint density at radius 3 is 2.35 bits per heavy atom. The second-order valence-electron chi connectivity index (χ2n) is 6.58. The van der Waals surface area contributed by atoms with Crippen LogP contribution in [0.5, 0.6) is 0 Å². The molecule has 108 valence electrons. The van der Waals surface area contributed by atoms with E-state index in [1.165, 1.54) is 33.9 Å². The minimum Gasteiger partial charge on any atom is -0.264 e. The van der Waals surface area contributed by atoms with Crippen molar-refractivity contribution in [1.29, 1.82) is 0 Å². The third kappa shape index (κ3) is 3.20. The van der Waals surface area contributed by atoms with E-state index in [-0.39, 0.29) is 0 Å². The van der Waals surface area contributed by atoms with Gasteiger partial charge in [0, 0.05) is 17.8 Å². The number of pyridine rings is 1. The summed E-state index contributed by atoms with van der Waals surface area (Å²) >= 11 is 0. The number of fused-ring (bicyclic) bond motifs is 1. The van der Waals surface area contributed by atoms with Crippen LogP contribution in [0.3, 0.4) is 0 Å². The van der Waals surface area contributed by atoms with Crippen LogP contribution < -0.4 is 0 Å². The summed E-state index contributed by atoms with van der Waals surface area (Å²) in [6.07, 6.45) is 7.54. The van der Waals surface area contributed by atoms with E-state index in [0.717, 1.165) is 12.8 Å². The molecule has 1 aromatic heterocycles. The number of hydrogen-bond donors (Lipinski definition) is 0. The van der Waals surface area contributed by atoms with Crippen molar-refractivity contribution in [3.63, 3.8) is 0 Å². The molecule has 0 unspecified atom stereocenters. The normalized spacial score (nSPS) is 11.8.